The zero-order chi connectivity index (χ0) is 12.0. The number of benzene rings is 1. The van der Waals surface area contributed by atoms with Gasteiger partial charge in [0.15, 0.2) is 0 Å². The van der Waals surface area contributed by atoms with E-state index in [0.29, 0.717) is 23.3 Å². The smallest absolute Gasteiger partial charge is 0.0916 e. The van der Waals surface area contributed by atoms with Gasteiger partial charge in [-0.15, -0.1) is 0 Å². The van der Waals surface area contributed by atoms with E-state index in [1.807, 2.05) is 19.1 Å². The lowest BCUT2D eigenvalue weighted by Crippen LogP contribution is -2.21. The Bertz CT molecular complexity index is 334. The van der Waals surface area contributed by atoms with Crippen LogP contribution in [0.5, 0.6) is 0 Å². The van der Waals surface area contributed by atoms with E-state index in [1.165, 1.54) is 0 Å². The molecule has 3 nitrogen and oxygen atoms in total. The molecule has 0 saturated heterocycles. The molecular formula is C11H15Cl2NO2. The van der Waals surface area contributed by atoms with Crippen molar-refractivity contribution in [3.8, 4) is 0 Å². The van der Waals surface area contributed by atoms with E-state index in [1.54, 1.807) is 13.2 Å². The Morgan fingerprint density at radius 1 is 1.31 bits per heavy atom. The van der Waals surface area contributed by atoms with Gasteiger partial charge in [0.1, 0.15) is 0 Å². The summed E-state index contributed by atoms with van der Waals surface area (Å²) in [4.78, 5) is 5.21. The number of ether oxygens (including phenoxy) is 1. The Labute approximate surface area is 106 Å². The maximum absolute atomic E-state index is 6.08. The molecule has 16 heavy (non-hydrogen) atoms. The molecule has 0 aliphatic rings. The Hall–Kier alpha value is -0.320. The van der Waals surface area contributed by atoms with Crippen molar-refractivity contribution in [2.24, 2.45) is 0 Å². The van der Waals surface area contributed by atoms with Gasteiger partial charge in [-0.3, -0.25) is 4.84 Å². The van der Waals surface area contributed by atoms with Gasteiger partial charge in [-0.25, -0.2) is 0 Å². The number of halogens is 2. The molecule has 1 aromatic rings. The van der Waals surface area contributed by atoms with E-state index in [4.69, 9.17) is 32.8 Å². The first-order chi connectivity index (χ1) is 7.66. The number of nitrogens with one attached hydrogen (secondary N) is 1. The molecule has 0 aliphatic heterocycles. The fraction of sp³-hybridized carbons (Fsp3) is 0.455. The molecule has 1 atom stereocenters. The summed E-state index contributed by atoms with van der Waals surface area (Å²) in [6.45, 7) is 2.98. The molecule has 0 aliphatic carbocycles. The van der Waals surface area contributed by atoms with Crippen LogP contribution in [0.2, 0.25) is 10.0 Å². The Morgan fingerprint density at radius 2 is 2.06 bits per heavy atom. The van der Waals surface area contributed by atoms with E-state index in [2.05, 4.69) is 5.48 Å². The second-order valence-electron chi connectivity index (χ2n) is 3.32. The Morgan fingerprint density at radius 3 is 2.75 bits per heavy atom. The van der Waals surface area contributed by atoms with Gasteiger partial charge in [-0.2, -0.15) is 5.48 Å². The van der Waals surface area contributed by atoms with Crippen LogP contribution in [0.3, 0.4) is 0 Å². The van der Waals surface area contributed by atoms with E-state index in [9.17, 15) is 0 Å². The predicted octanol–water partition coefficient (Wildman–Crippen LogP) is 3.22. The average molecular weight is 264 g/mol. The van der Waals surface area contributed by atoms with Crippen LogP contribution in [0.4, 0.5) is 0 Å². The van der Waals surface area contributed by atoms with Crippen molar-refractivity contribution in [3.05, 3.63) is 33.8 Å². The van der Waals surface area contributed by atoms with E-state index in [-0.39, 0.29) is 6.04 Å². The minimum atomic E-state index is -0.0249. The van der Waals surface area contributed by atoms with Crippen molar-refractivity contribution in [2.45, 2.75) is 13.0 Å². The molecular weight excluding hydrogens is 249 g/mol. The maximum Gasteiger partial charge on any atom is 0.0916 e. The number of hydrogen-bond acceptors (Lipinski definition) is 3. The number of rotatable bonds is 6. The summed E-state index contributed by atoms with van der Waals surface area (Å²) in [5.74, 6) is 0. The van der Waals surface area contributed by atoms with E-state index in [0.717, 1.165) is 5.56 Å². The standard InChI is InChI=1S/C11H15Cl2NO2/c1-8(14-16-7-6-15-2)9-4-3-5-10(12)11(9)13/h3-5,8,14H,6-7H2,1-2H3. The normalized spacial score (nSPS) is 12.8. The van der Waals surface area contributed by atoms with Crippen molar-refractivity contribution in [3.63, 3.8) is 0 Å². The molecule has 0 bridgehead atoms. The van der Waals surface area contributed by atoms with Gasteiger partial charge in [0, 0.05) is 7.11 Å². The quantitative estimate of drug-likeness (QED) is 0.632. The lowest BCUT2D eigenvalue weighted by atomic mass is 10.1. The largest absolute Gasteiger partial charge is 0.382 e. The molecule has 90 valence electrons. The van der Waals surface area contributed by atoms with Crippen molar-refractivity contribution >= 4 is 23.2 Å². The van der Waals surface area contributed by atoms with Crippen molar-refractivity contribution < 1.29 is 9.57 Å². The van der Waals surface area contributed by atoms with Crippen LogP contribution in [-0.4, -0.2) is 20.3 Å². The molecule has 0 saturated carbocycles. The van der Waals surface area contributed by atoms with E-state index < -0.39 is 0 Å². The number of hydrogen-bond donors (Lipinski definition) is 1. The summed E-state index contributed by atoms with van der Waals surface area (Å²) < 4.78 is 4.86. The Kier molecular flexibility index (Phi) is 6.09. The van der Waals surface area contributed by atoms with Crippen molar-refractivity contribution in [1.82, 2.24) is 5.48 Å². The first kappa shape index (κ1) is 13.7. The monoisotopic (exact) mass is 263 g/mol. The summed E-state index contributed by atoms with van der Waals surface area (Å²) in [5.41, 5.74) is 3.79. The summed E-state index contributed by atoms with van der Waals surface area (Å²) in [6, 6.07) is 5.50. The highest BCUT2D eigenvalue weighted by atomic mass is 35.5. The second-order valence-corrected chi connectivity index (χ2v) is 4.11. The second kappa shape index (κ2) is 7.09. The van der Waals surface area contributed by atoms with Gasteiger partial charge in [0.25, 0.3) is 0 Å². The van der Waals surface area contributed by atoms with Gasteiger partial charge in [-0.1, -0.05) is 35.3 Å². The average Bonchev–Trinajstić information content (AvgIpc) is 2.28. The topological polar surface area (TPSA) is 30.5 Å². The third kappa shape index (κ3) is 3.92. The van der Waals surface area contributed by atoms with Crippen LogP contribution in [0.15, 0.2) is 18.2 Å². The zero-order valence-electron chi connectivity index (χ0n) is 9.30. The molecule has 0 heterocycles. The van der Waals surface area contributed by atoms with Crippen LogP contribution >= 0.6 is 23.2 Å². The molecule has 1 aromatic carbocycles. The van der Waals surface area contributed by atoms with Gasteiger partial charge in [0.2, 0.25) is 0 Å². The van der Waals surface area contributed by atoms with Crippen LogP contribution < -0.4 is 5.48 Å². The van der Waals surface area contributed by atoms with Crippen LogP contribution in [0.1, 0.15) is 18.5 Å². The minimum absolute atomic E-state index is 0.0249. The highest BCUT2D eigenvalue weighted by molar-refractivity contribution is 6.42. The molecule has 0 radical (unpaired) electrons. The van der Waals surface area contributed by atoms with Gasteiger partial charge in [-0.05, 0) is 18.6 Å². The molecule has 1 rings (SSSR count). The van der Waals surface area contributed by atoms with Gasteiger partial charge in [0.05, 0.1) is 29.3 Å². The zero-order valence-corrected chi connectivity index (χ0v) is 10.8. The maximum atomic E-state index is 6.08. The summed E-state index contributed by atoms with van der Waals surface area (Å²) in [6.07, 6.45) is 0. The Balaban J connectivity index is 2.52. The third-order valence-electron chi connectivity index (χ3n) is 2.10. The SMILES string of the molecule is COCCONC(C)c1cccc(Cl)c1Cl. The molecule has 5 heteroatoms. The lowest BCUT2D eigenvalue weighted by Gasteiger charge is -2.15. The van der Waals surface area contributed by atoms with Gasteiger partial charge >= 0.3 is 0 Å². The first-order valence-corrected chi connectivity index (χ1v) is 5.72. The molecule has 0 amide bonds. The third-order valence-corrected chi connectivity index (χ3v) is 2.93. The van der Waals surface area contributed by atoms with Crippen molar-refractivity contribution in [2.75, 3.05) is 20.3 Å². The molecule has 0 spiro atoms. The molecule has 0 fully saturated rings. The first-order valence-electron chi connectivity index (χ1n) is 4.97. The predicted molar refractivity (Wildman–Crippen MR) is 65.8 cm³/mol. The fourth-order valence-electron chi connectivity index (χ4n) is 1.23. The summed E-state index contributed by atoms with van der Waals surface area (Å²) >= 11 is 12.0. The summed E-state index contributed by atoms with van der Waals surface area (Å²) in [7, 11) is 1.63. The van der Waals surface area contributed by atoms with Crippen molar-refractivity contribution in [1.29, 1.82) is 0 Å². The highest BCUT2D eigenvalue weighted by Gasteiger charge is 2.11. The fourth-order valence-corrected chi connectivity index (χ4v) is 1.70. The van der Waals surface area contributed by atoms with Crippen LogP contribution in [0, 0.1) is 0 Å². The van der Waals surface area contributed by atoms with Crippen LogP contribution in [0.25, 0.3) is 0 Å². The molecule has 1 unspecified atom stereocenters. The van der Waals surface area contributed by atoms with Gasteiger partial charge < -0.3 is 4.74 Å². The lowest BCUT2D eigenvalue weighted by molar-refractivity contribution is -0.00923. The number of methoxy groups -OCH3 is 1. The number of hydroxylamine groups is 1. The minimum Gasteiger partial charge on any atom is -0.382 e. The van der Waals surface area contributed by atoms with E-state index >= 15 is 0 Å². The molecule has 0 aromatic heterocycles. The highest BCUT2D eigenvalue weighted by Crippen LogP contribution is 2.29. The summed E-state index contributed by atoms with van der Waals surface area (Å²) in [5, 5.41) is 1.10. The van der Waals surface area contributed by atoms with Crippen LogP contribution in [-0.2, 0) is 9.57 Å². The molecule has 1 N–H and O–H groups in total.